The molecule has 0 bridgehead atoms. The van der Waals surface area contributed by atoms with E-state index in [1.165, 1.54) is 49.9 Å². The van der Waals surface area contributed by atoms with Gasteiger partial charge in [0.2, 0.25) is 0 Å². The maximum atomic E-state index is 11.7. The smallest absolute Gasteiger partial charge is 0.261 e. The van der Waals surface area contributed by atoms with Crippen LogP contribution in [-0.2, 0) is 0 Å². The summed E-state index contributed by atoms with van der Waals surface area (Å²) in [6.45, 7) is 1.59. The van der Waals surface area contributed by atoms with Gasteiger partial charge >= 0.3 is 0 Å². The van der Waals surface area contributed by atoms with Crippen molar-refractivity contribution in [1.82, 2.24) is 10.6 Å². The van der Waals surface area contributed by atoms with Gasteiger partial charge in [0, 0.05) is 19.1 Å². The molecule has 0 atom stereocenters. The van der Waals surface area contributed by atoms with Crippen LogP contribution in [0.2, 0.25) is 0 Å². The van der Waals surface area contributed by atoms with Crippen LogP contribution in [0.5, 0.6) is 0 Å². The van der Waals surface area contributed by atoms with E-state index in [1.807, 2.05) is 17.5 Å². The molecule has 1 aromatic rings. The fourth-order valence-electron chi connectivity index (χ4n) is 2.43. The van der Waals surface area contributed by atoms with Gasteiger partial charge in [-0.3, -0.25) is 4.79 Å². The molecule has 100 valence electrons. The number of rotatable bonds is 5. The van der Waals surface area contributed by atoms with Crippen molar-refractivity contribution in [2.75, 3.05) is 13.1 Å². The Morgan fingerprint density at radius 2 is 2.00 bits per heavy atom. The minimum absolute atomic E-state index is 0.0488. The second kappa shape index (κ2) is 7.54. The molecule has 0 aliphatic heterocycles. The van der Waals surface area contributed by atoms with E-state index in [1.54, 1.807) is 0 Å². The third-order valence-corrected chi connectivity index (χ3v) is 4.31. The van der Waals surface area contributed by atoms with Crippen molar-refractivity contribution in [2.24, 2.45) is 0 Å². The lowest BCUT2D eigenvalue weighted by molar-refractivity contribution is 0.0957. The van der Waals surface area contributed by atoms with Crippen molar-refractivity contribution in [3.8, 4) is 0 Å². The molecule has 1 heterocycles. The highest BCUT2D eigenvalue weighted by molar-refractivity contribution is 7.12. The second-order valence-electron chi connectivity index (χ2n) is 4.88. The van der Waals surface area contributed by atoms with Crippen molar-refractivity contribution in [3.63, 3.8) is 0 Å². The summed E-state index contributed by atoms with van der Waals surface area (Å²) in [5, 5.41) is 8.43. The van der Waals surface area contributed by atoms with Crippen LogP contribution in [0.25, 0.3) is 0 Å². The molecule has 0 spiro atoms. The first kappa shape index (κ1) is 13.6. The van der Waals surface area contributed by atoms with E-state index < -0.39 is 0 Å². The number of hydrogen-bond acceptors (Lipinski definition) is 3. The van der Waals surface area contributed by atoms with Crippen LogP contribution < -0.4 is 10.6 Å². The Balaban J connectivity index is 1.59. The molecule has 1 amide bonds. The van der Waals surface area contributed by atoms with Gasteiger partial charge in [-0.15, -0.1) is 11.3 Å². The van der Waals surface area contributed by atoms with Gasteiger partial charge in [-0.05, 0) is 24.3 Å². The van der Waals surface area contributed by atoms with Crippen LogP contribution in [0, 0.1) is 0 Å². The minimum atomic E-state index is 0.0488. The molecule has 0 saturated heterocycles. The maximum Gasteiger partial charge on any atom is 0.261 e. The fraction of sp³-hybridized carbons (Fsp3) is 0.643. The van der Waals surface area contributed by atoms with Crippen LogP contribution in [0.4, 0.5) is 0 Å². The number of thiophene rings is 1. The topological polar surface area (TPSA) is 41.1 Å². The minimum Gasteiger partial charge on any atom is -0.350 e. The van der Waals surface area contributed by atoms with Crippen LogP contribution in [0.3, 0.4) is 0 Å². The summed E-state index contributed by atoms with van der Waals surface area (Å²) in [6.07, 6.45) is 8.04. The molecule has 18 heavy (non-hydrogen) atoms. The first-order valence-corrected chi connectivity index (χ1v) is 7.79. The molecular formula is C14H22N2OS. The molecule has 1 fully saturated rings. The molecule has 0 radical (unpaired) electrons. The second-order valence-corrected chi connectivity index (χ2v) is 5.82. The quantitative estimate of drug-likeness (QED) is 0.635. The molecule has 1 aliphatic rings. The van der Waals surface area contributed by atoms with E-state index in [2.05, 4.69) is 10.6 Å². The van der Waals surface area contributed by atoms with Crippen molar-refractivity contribution < 1.29 is 4.79 Å². The lowest BCUT2D eigenvalue weighted by Gasteiger charge is -2.16. The zero-order valence-electron chi connectivity index (χ0n) is 10.8. The van der Waals surface area contributed by atoms with Gasteiger partial charge < -0.3 is 10.6 Å². The van der Waals surface area contributed by atoms with Gasteiger partial charge in [0.25, 0.3) is 5.91 Å². The molecule has 4 heteroatoms. The normalized spacial score (nSPS) is 17.3. The number of amides is 1. The molecule has 0 unspecified atom stereocenters. The maximum absolute atomic E-state index is 11.7. The average Bonchev–Trinajstić information content (AvgIpc) is 2.80. The third kappa shape index (κ3) is 4.42. The van der Waals surface area contributed by atoms with Gasteiger partial charge in [-0.2, -0.15) is 0 Å². The lowest BCUT2D eigenvalue weighted by atomic mass is 10.1. The largest absolute Gasteiger partial charge is 0.350 e. The lowest BCUT2D eigenvalue weighted by Crippen LogP contribution is -2.36. The summed E-state index contributed by atoms with van der Waals surface area (Å²) < 4.78 is 0. The van der Waals surface area contributed by atoms with Gasteiger partial charge in [0.05, 0.1) is 4.88 Å². The van der Waals surface area contributed by atoms with Gasteiger partial charge in [0.1, 0.15) is 0 Å². The molecule has 1 aromatic heterocycles. The SMILES string of the molecule is O=C(NCCNC1CCCCCC1)c1cccs1. The predicted octanol–water partition coefficient (Wildman–Crippen LogP) is 2.79. The van der Waals surface area contributed by atoms with Crippen molar-refractivity contribution in [1.29, 1.82) is 0 Å². The van der Waals surface area contributed by atoms with Crippen molar-refractivity contribution in [2.45, 2.75) is 44.6 Å². The van der Waals surface area contributed by atoms with E-state index in [-0.39, 0.29) is 5.91 Å². The first-order valence-electron chi connectivity index (χ1n) is 6.91. The number of nitrogens with one attached hydrogen (secondary N) is 2. The molecule has 1 saturated carbocycles. The summed E-state index contributed by atoms with van der Waals surface area (Å²) in [4.78, 5) is 12.5. The van der Waals surface area contributed by atoms with Gasteiger partial charge in [-0.1, -0.05) is 31.7 Å². The summed E-state index contributed by atoms with van der Waals surface area (Å²) in [7, 11) is 0. The first-order chi connectivity index (χ1) is 8.86. The fourth-order valence-corrected chi connectivity index (χ4v) is 3.07. The Bertz CT molecular complexity index is 343. The summed E-state index contributed by atoms with van der Waals surface area (Å²) in [5.74, 6) is 0.0488. The Morgan fingerprint density at radius 1 is 1.22 bits per heavy atom. The molecule has 0 aromatic carbocycles. The molecule has 2 N–H and O–H groups in total. The van der Waals surface area contributed by atoms with Gasteiger partial charge in [-0.25, -0.2) is 0 Å². The Kier molecular flexibility index (Phi) is 5.68. The van der Waals surface area contributed by atoms with Crippen LogP contribution in [-0.4, -0.2) is 25.0 Å². The van der Waals surface area contributed by atoms with E-state index >= 15 is 0 Å². The molecular weight excluding hydrogens is 244 g/mol. The summed E-state index contributed by atoms with van der Waals surface area (Å²) >= 11 is 1.49. The highest BCUT2D eigenvalue weighted by atomic mass is 32.1. The van der Waals surface area contributed by atoms with Crippen LogP contribution >= 0.6 is 11.3 Å². The number of hydrogen-bond donors (Lipinski definition) is 2. The zero-order chi connectivity index (χ0) is 12.6. The summed E-state index contributed by atoms with van der Waals surface area (Å²) in [5.41, 5.74) is 0. The average molecular weight is 266 g/mol. The Morgan fingerprint density at radius 3 is 2.67 bits per heavy atom. The van der Waals surface area contributed by atoms with Crippen molar-refractivity contribution >= 4 is 17.2 Å². The molecule has 2 rings (SSSR count). The van der Waals surface area contributed by atoms with E-state index in [0.29, 0.717) is 12.6 Å². The third-order valence-electron chi connectivity index (χ3n) is 3.44. The standard InChI is InChI=1S/C14H22N2OS/c17-14(13-8-5-11-18-13)16-10-9-15-12-6-3-1-2-4-7-12/h5,8,11-12,15H,1-4,6-7,9-10H2,(H,16,17). The van der Waals surface area contributed by atoms with E-state index in [4.69, 9.17) is 0 Å². The summed E-state index contributed by atoms with van der Waals surface area (Å²) in [6, 6.07) is 4.42. The van der Waals surface area contributed by atoms with Gasteiger partial charge in [0.15, 0.2) is 0 Å². The number of carbonyl (C=O) groups is 1. The molecule has 3 nitrogen and oxygen atoms in total. The van der Waals surface area contributed by atoms with E-state index in [0.717, 1.165) is 11.4 Å². The Labute approximate surface area is 113 Å². The monoisotopic (exact) mass is 266 g/mol. The van der Waals surface area contributed by atoms with Crippen molar-refractivity contribution in [3.05, 3.63) is 22.4 Å². The van der Waals surface area contributed by atoms with E-state index in [9.17, 15) is 4.79 Å². The van der Waals surface area contributed by atoms with Crippen LogP contribution in [0.1, 0.15) is 48.2 Å². The zero-order valence-corrected chi connectivity index (χ0v) is 11.6. The number of carbonyl (C=O) groups excluding carboxylic acids is 1. The Hall–Kier alpha value is -0.870. The molecule has 1 aliphatic carbocycles. The highest BCUT2D eigenvalue weighted by Crippen LogP contribution is 2.16. The predicted molar refractivity (Wildman–Crippen MR) is 76.1 cm³/mol. The van der Waals surface area contributed by atoms with Crippen LogP contribution in [0.15, 0.2) is 17.5 Å². The highest BCUT2D eigenvalue weighted by Gasteiger charge is 2.11.